The van der Waals surface area contributed by atoms with Gasteiger partial charge in [0.1, 0.15) is 0 Å². The van der Waals surface area contributed by atoms with Crippen LogP contribution in [0.25, 0.3) is 0 Å². The van der Waals surface area contributed by atoms with E-state index in [-0.39, 0.29) is 0 Å². The van der Waals surface area contributed by atoms with Crippen molar-refractivity contribution in [3.8, 4) is 0 Å². The molecule has 0 amide bonds. The Morgan fingerprint density at radius 3 is 1.27 bits per heavy atom. The molecule has 2 atom stereocenters. The van der Waals surface area contributed by atoms with Crippen LogP contribution in [0, 0.1) is 11.8 Å². The van der Waals surface area contributed by atoms with Crippen molar-refractivity contribution in [2.75, 3.05) is 6.61 Å². The molecule has 0 aliphatic carbocycles. The average Bonchev–Trinajstić information content (AvgIpc) is 2.36. The highest BCUT2D eigenvalue weighted by atomic mass is 19.4. The summed E-state index contributed by atoms with van der Waals surface area (Å²) in [6.45, 7) is -0.901. The molecule has 0 heterocycles. The maximum absolute atomic E-state index is 13.5. The molecule has 0 aromatic carbocycles. The number of aliphatic hydroxyl groups excluding tert-OH is 1. The minimum absolute atomic E-state index is 0.700. The van der Waals surface area contributed by atoms with Crippen molar-refractivity contribution in [3.05, 3.63) is 0 Å². The smallest absolute Gasteiger partial charge is 0.396 e. The first kappa shape index (κ1) is 25.1. The van der Waals surface area contributed by atoms with Crippen LogP contribution in [-0.2, 0) is 0 Å². The fourth-order valence-corrected chi connectivity index (χ4v) is 2.16. The molecule has 0 radical (unpaired) electrons. The molecule has 158 valence electrons. The minimum atomic E-state index is -6.81. The molecule has 0 fully saturated rings. The Balaban J connectivity index is 5.83. The highest BCUT2D eigenvalue weighted by molar-refractivity contribution is 4.97. The Bertz CT molecular complexity index is 416. The van der Waals surface area contributed by atoms with Crippen molar-refractivity contribution in [2.24, 2.45) is 11.8 Å². The molecule has 0 saturated carbocycles. The highest BCUT2D eigenvalue weighted by Crippen LogP contribution is 2.53. The standard InChI is InChI=1S/C12H13F13O/c13-8(11(20,21)22,12(23,24)25)5-7(10(17,18)19)4-6(2-1-3-26)9(14,15)16/h6-7,26H,1-5H2. The molecule has 1 nitrogen and oxygen atoms in total. The zero-order chi connectivity index (χ0) is 21.2. The Hall–Kier alpha value is -0.950. The third kappa shape index (κ3) is 6.34. The molecule has 0 aromatic rings. The number of hydrogen-bond acceptors (Lipinski definition) is 1. The lowest BCUT2D eigenvalue weighted by Gasteiger charge is -2.35. The lowest BCUT2D eigenvalue weighted by molar-refractivity contribution is -0.353. The number of aliphatic hydroxyl groups is 1. The van der Waals surface area contributed by atoms with Crippen LogP contribution in [0.4, 0.5) is 57.1 Å². The molecular formula is C12H13F13O. The van der Waals surface area contributed by atoms with Gasteiger partial charge in [-0.3, -0.25) is 0 Å². The van der Waals surface area contributed by atoms with Crippen LogP contribution in [0.3, 0.4) is 0 Å². The molecule has 0 aromatic heterocycles. The lowest BCUT2D eigenvalue weighted by Crippen LogP contribution is -2.55. The van der Waals surface area contributed by atoms with E-state index in [1.54, 1.807) is 0 Å². The van der Waals surface area contributed by atoms with Crippen molar-refractivity contribution >= 4 is 0 Å². The number of rotatable bonds is 7. The summed E-state index contributed by atoms with van der Waals surface area (Å²) >= 11 is 0. The van der Waals surface area contributed by atoms with Gasteiger partial charge in [0, 0.05) is 13.0 Å². The quantitative estimate of drug-likeness (QED) is 0.522. The van der Waals surface area contributed by atoms with Crippen LogP contribution in [0.15, 0.2) is 0 Å². The van der Waals surface area contributed by atoms with Crippen LogP contribution in [0.5, 0.6) is 0 Å². The van der Waals surface area contributed by atoms with E-state index in [4.69, 9.17) is 5.11 Å². The van der Waals surface area contributed by atoms with Crippen molar-refractivity contribution in [1.82, 2.24) is 0 Å². The van der Waals surface area contributed by atoms with Gasteiger partial charge in [0.15, 0.2) is 0 Å². The van der Waals surface area contributed by atoms with Crippen molar-refractivity contribution < 1.29 is 62.2 Å². The highest BCUT2D eigenvalue weighted by Gasteiger charge is 2.74. The Morgan fingerprint density at radius 1 is 0.615 bits per heavy atom. The van der Waals surface area contributed by atoms with Crippen LogP contribution in [0.1, 0.15) is 25.7 Å². The number of hydrogen-bond donors (Lipinski definition) is 1. The zero-order valence-corrected chi connectivity index (χ0v) is 12.6. The van der Waals surface area contributed by atoms with E-state index in [2.05, 4.69) is 0 Å². The normalized spacial score (nSPS) is 17.3. The largest absolute Gasteiger partial charge is 0.431 e. The summed E-state index contributed by atoms with van der Waals surface area (Å²) in [6.07, 6.45) is -32.4. The second-order valence-corrected chi connectivity index (χ2v) is 5.58. The Morgan fingerprint density at radius 2 is 1.00 bits per heavy atom. The zero-order valence-electron chi connectivity index (χ0n) is 12.6. The average molecular weight is 420 g/mol. The maximum atomic E-state index is 13.5. The fraction of sp³-hybridized carbons (Fsp3) is 1.00. The topological polar surface area (TPSA) is 20.2 Å². The third-order valence-electron chi connectivity index (χ3n) is 3.63. The summed E-state index contributed by atoms with van der Waals surface area (Å²) in [5.74, 6) is -6.83. The van der Waals surface area contributed by atoms with E-state index in [1.807, 2.05) is 0 Å². The summed E-state index contributed by atoms with van der Waals surface area (Å²) < 4.78 is 164. The van der Waals surface area contributed by atoms with Gasteiger partial charge < -0.3 is 5.11 Å². The molecule has 26 heavy (non-hydrogen) atoms. The van der Waals surface area contributed by atoms with E-state index in [0.29, 0.717) is 0 Å². The Kier molecular flexibility index (Phi) is 7.68. The summed E-state index contributed by atoms with van der Waals surface area (Å²) in [5.41, 5.74) is -6.33. The van der Waals surface area contributed by atoms with Gasteiger partial charge in [-0.15, -0.1) is 0 Å². The molecule has 0 aliphatic rings. The van der Waals surface area contributed by atoms with E-state index >= 15 is 0 Å². The number of halogens is 13. The number of alkyl halides is 13. The molecule has 0 spiro atoms. The second kappa shape index (κ2) is 7.97. The van der Waals surface area contributed by atoms with Crippen LogP contribution >= 0.6 is 0 Å². The van der Waals surface area contributed by atoms with E-state index in [0.717, 1.165) is 0 Å². The lowest BCUT2D eigenvalue weighted by atomic mass is 9.82. The summed E-state index contributed by atoms with van der Waals surface area (Å²) in [7, 11) is 0. The maximum Gasteiger partial charge on any atom is 0.431 e. The van der Waals surface area contributed by atoms with Crippen LogP contribution < -0.4 is 0 Å². The van der Waals surface area contributed by atoms with Gasteiger partial charge in [0.2, 0.25) is 0 Å². The first-order chi connectivity index (χ1) is 11.3. The van der Waals surface area contributed by atoms with E-state index < -0.39 is 74.5 Å². The summed E-state index contributed by atoms with van der Waals surface area (Å²) in [5, 5.41) is 8.43. The van der Waals surface area contributed by atoms with Gasteiger partial charge in [0.05, 0.1) is 11.8 Å². The van der Waals surface area contributed by atoms with E-state index in [9.17, 15) is 57.1 Å². The van der Waals surface area contributed by atoms with Gasteiger partial charge in [0.25, 0.3) is 5.67 Å². The fourth-order valence-electron chi connectivity index (χ4n) is 2.16. The van der Waals surface area contributed by atoms with Gasteiger partial charge >= 0.3 is 24.7 Å². The first-order valence-corrected chi connectivity index (χ1v) is 6.84. The van der Waals surface area contributed by atoms with Crippen LogP contribution in [-0.4, -0.2) is 42.1 Å². The summed E-state index contributed by atoms with van der Waals surface area (Å²) in [6, 6.07) is 0. The SMILES string of the molecule is OCCCC(CC(CC(F)(C(F)(F)F)C(F)(F)F)C(F)(F)F)C(F)(F)F. The molecule has 0 saturated heterocycles. The molecule has 2 unspecified atom stereocenters. The predicted octanol–water partition coefficient (Wildman–Crippen LogP) is 5.73. The molecule has 14 heteroatoms. The monoisotopic (exact) mass is 420 g/mol. The van der Waals surface area contributed by atoms with Crippen LogP contribution in [0.2, 0.25) is 0 Å². The Labute approximate surface area is 138 Å². The van der Waals surface area contributed by atoms with Crippen molar-refractivity contribution in [2.45, 2.75) is 56.1 Å². The van der Waals surface area contributed by atoms with E-state index in [1.165, 1.54) is 0 Å². The summed E-state index contributed by atoms with van der Waals surface area (Å²) in [4.78, 5) is 0. The van der Waals surface area contributed by atoms with Gasteiger partial charge in [-0.2, -0.15) is 52.7 Å². The van der Waals surface area contributed by atoms with Gasteiger partial charge in [-0.25, -0.2) is 4.39 Å². The molecule has 0 rings (SSSR count). The molecule has 0 aliphatic heterocycles. The third-order valence-corrected chi connectivity index (χ3v) is 3.63. The molecule has 0 bridgehead atoms. The van der Waals surface area contributed by atoms with Gasteiger partial charge in [-0.1, -0.05) is 0 Å². The van der Waals surface area contributed by atoms with Crippen molar-refractivity contribution in [1.29, 1.82) is 0 Å². The first-order valence-electron chi connectivity index (χ1n) is 6.84. The molecule has 1 N–H and O–H groups in total. The van der Waals surface area contributed by atoms with Gasteiger partial charge in [-0.05, 0) is 19.3 Å². The minimum Gasteiger partial charge on any atom is -0.396 e. The molecular weight excluding hydrogens is 407 g/mol. The second-order valence-electron chi connectivity index (χ2n) is 5.58. The van der Waals surface area contributed by atoms with Crippen molar-refractivity contribution in [3.63, 3.8) is 0 Å². The predicted molar refractivity (Wildman–Crippen MR) is 60.6 cm³/mol.